The van der Waals surface area contributed by atoms with Crippen LogP contribution in [0.1, 0.15) is 32.8 Å². The number of rotatable bonds is 5. The molecule has 0 spiro atoms. The second kappa shape index (κ2) is 6.28. The summed E-state index contributed by atoms with van der Waals surface area (Å²) in [5, 5.41) is 2.90. The Morgan fingerprint density at radius 1 is 1.29 bits per heavy atom. The summed E-state index contributed by atoms with van der Waals surface area (Å²) in [7, 11) is 0. The minimum Gasteiger partial charge on any atom is -0.481 e. The van der Waals surface area contributed by atoms with Crippen molar-refractivity contribution < 1.29 is 9.53 Å². The van der Waals surface area contributed by atoms with E-state index in [1.54, 1.807) is 6.92 Å². The molecule has 0 fully saturated rings. The van der Waals surface area contributed by atoms with Gasteiger partial charge in [0, 0.05) is 6.04 Å². The highest BCUT2D eigenvalue weighted by Crippen LogP contribution is 2.13. The van der Waals surface area contributed by atoms with Crippen LogP contribution in [0.15, 0.2) is 24.3 Å². The molecule has 0 unspecified atom stereocenters. The number of hydrogen-bond donors (Lipinski definition) is 1. The summed E-state index contributed by atoms with van der Waals surface area (Å²) in [5.74, 6) is 0.655. The molecule has 1 aromatic rings. The van der Waals surface area contributed by atoms with Crippen molar-refractivity contribution in [2.45, 2.75) is 46.3 Å². The van der Waals surface area contributed by atoms with E-state index in [2.05, 4.69) is 5.32 Å². The molecular weight excluding hydrogens is 214 g/mol. The standard InChI is InChI=1S/C14H21NO2/c1-5-11(3)15-14(16)12(4)17-13-8-6-10(2)7-9-13/h6-9,11-12H,5H2,1-4H3,(H,15,16)/t11-,12+/m0/s1. The maximum Gasteiger partial charge on any atom is 0.260 e. The van der Waals surface area contributed by atoms with Gasteiger partial charge in [0.1, 0.15) is 5.75 Å². The molecule has 3 heteroatoms. The van der Waals surface area contributed by atoms with Gasteiger partial charge in [-0.2, -0.15) is 0 Å². The van der Waals surface area contributed by atoms with Crippen molar-refractivity contribution in [3.8, 4) is 5.75 Å². The number of benzene rings is 1. The summed E-state index contributed by atoms with van der Waals surface area (Å²) >= 11 is 0. The van der Waals surface area contributed by atoms with Crippen molar-refractivity contribution >= 4 is 5.91 Å². The molecule has 0 aliphatic carbocycles. The fourth-order valence-corrected chi connectivity index (χ4v) is 1.34. The molecule has 3 nitrogen and oxygen atoms in total. The lowest BCUT2D eigenvalue weighted by Crippen LogP contribution is -2.40. The molecule has 0 heterocycles. The van der Waals surface area contributed by atoms with E-state index in [-0.39, 0.29) is 11.9 Å². The molecule has 1 aromatic carbocycles. The molecule has 0 aliphatic heterocycles. The van der Waals surface area contributed by atoms with Gasteiger partial charge in [-0.15, -0.1) is 0 Å². The van der Waals surface area contributed by atoms with E-state index in [0.717, 1.165) is 12.2 Å². The number of nitrogens with one attached hydrogen (secondary N) is 1. The Hall–Kier alpha value is -1.51. The molecule has 0 bridgehead atoms. The molecule has 1 N–H and O–H groups in total. The van der Waals surface area contributed by atoms with Crippen LogP contribution < -0.4 is 10.1 Å². The van der Waals surface area contributed by atoms with Gasteiger partial charge in [-0.05, 0) is 39.3 Å². The van der Waals surface area contributed by atoms with Crippen LogP contribution in [0.3, 0.4) is 0 Å². The van der Waals surface area contributed by atoms with E-state index in [0.29, 0.717) is 0 Å². The number of carbonyl (C=O) groups excluding carboxylic acids is 1. The van der Waals surface area contributed by atoms with Crippen LogP contribution in [0.5, 0.6) is 5.75 Å². The van der Waals surface area contributed by atoms with Crippen molar-refractivity contribution in [3.05, 3.63) is 29.8 Å². The predicted molar refractivity (Wildman–Crippen MR) is 69.2 cm³/mol. The molecule has 1 amide bonds. The van der Waals surface area contributed by atoms with Gasteiger partial charge in [0.2, 0.25) is 0 Å². The lowest BCUT2D eigenvalue weighted by atomic mass is 10.2. The van der Waals surface area contributed by atoms with Crippen molar-refractivity contribution in [1.82, 2.24) is 5.32 Å². The molecule has 0 saturated carbocycles. The van der Waals surface area contributed by atoms with Crippen molar-refractivity contribution in [2.24, 2.45) is 0 Å². The van der Waals surface area contributed by atoms with Crippen LogP contribution in [-0.4, -0.2) is 18.1 Å². The monoisotopic (exact) mass is 235 g/mol. The molecule has 0 radical (unpaired) electrons. The first-order chi connectivity index (χ1) is 8.02. The Balaban J connectivity index is 2.51. The molecule has 0 aliphatic rings. The number of amides is 1. The average molecular weight is 235 g/mol. The Kier molecular flexibility index (Phi) is 5.01. The highest BCUT2D eigenvalue weighted by molar-refractivity contribution is 5.80. The first-order valence-corrected chi connectivity index (χ1v) is 6.06. The maximum atomic E-state index is 11.7. The highest BCUT2D eigenvalue weighted by Gasteiger charge is 2.15. The van der Waals surface area contributed by atoms with Gasteiger partial charge in [-0.1, -0.05) is 24.6 Å². The van der Waals surface area contributed by atoms with Gasteiger partial charge in [0.05, 0.1) is 0 Å². The summed E-state index contributed by atoms with van der Waals surface area (Å²) in [4.78, 5) is 11.7. The smallest absolute Gasteiger partial charge is 0.260 e. The lowest BCUT2D eigenvalue weighted by molar-refractivity contribution is -0.127. The van der Waals surface area contributed by atoms with E-state index in [1.165, 1.54) is 5.56 Å². The van der Waals surface area contributed by atoms with Gasteiger partial charge >= 0.3 is 0 Å². The molecule has 0 saturated heterocycles. The van der Waals surface area contributed by atoms with E-state index < -0.39 is 6.10 Å². The zero-order valence-electron chi connectivity index (χ0n) is 11.0. The van der Waals surface area contributed by atoms with Gasteiger partial charge < -0.3 is 10.1 Å². The molecule has 1 rings (SSSR count). The molecule has 2 atom stereocenters. The molecule has 94 valence electrons. The summed E-state index contributed by atoms with van der Waals surface area (Å²) in [6.45, 7) is 7.80. The number of hydrogen-bond acceptors (Lipinski definition) is 2. The van der Waals surface area contributed by atoms with Crippen LogP contribution in [-0.2, 0) is 4.79 Å². The normalized spacial score (nSPS) is 13.9. The van der Waals surface area contributed by atoms with E-state index in [1.807, 2.05) is 45.0 Å². The van der Waals surface area contributed by atoms with Gasteiger partial charge in [0.25, 0.3) is 5.91 Å². The summed E-state index contributed by atoms with van der Waals surface area (Å²) in [6.07, 6.45) is 0.454. The SMILES string of the molecule is CC[C@H](C)NC(=O)[C@@H](C)Oc1ccc(C)cc1. The van der Waals surface area contributed by atoms with Crippen molar-refractivity contribution in [2.75, 3.05) is 0 Å². The molecular formula is C14H21NO2. The Morgan fingerprint density at radius 3 is 2.41 bits per heavy atom. The third kappa shape index (κ3) is 4.47. The zero-order valence-corrected chi connectivity index (χ0v) is 11.0. The minimum atomic E-state index is -0.466. The summed E-state index contributed by atoms with van der Waals surface area (Å²) < 4.78 is 5.56. The Morgan fingerprint density at radius 2 is 1.88 bits per heavy atom. The Labute approximate surface area is 103 Å². The summed E-state index contributed by atoms with van der Waals surface area (Å²) in [5.41, 5.74) is 1.18. The number of ether oxygens (including phenoxy) is 1. The van der Waals surface area contributed by atoms with Crippen molar-refractivity contribution in [3.63, 3.8) is 0 Å². The van der Waals surface area contributed by atoms with Crippen LogP contribution in [0.2, 0.25) is 0 Å². The predicted octanol–water partition coefficient (Wildman–Crippen LogP) is 2.68. The van der Waals surface area contributed by atoms with Crippen molar-refractivity contribution in [1.29, 1.82) is 0 Å². The first kappa shape index (κ1) is 13.6. The van der Waals surface area contributed by atoms with E-state index in [9.17, 15) is 4.79 Å². The minimum absolute atomic E-state index is 0.0695. The maximum absolute atomic E-state index is 11.7. The largest absolute Gasteiger partial charge is 0.481 e. The number of aryl methyl sites for hydroxylation is 1. The fourth-order valence-electron chi connectivity index (χ4n) is 1.34. The third-order valence-electron chi connectivity index (χ3n) is 2.70. The quantitative estimate of drug-likeness (QED) is 0.852. The van der Waals surface area contributed by atoms with Crippen LogP contribution in [0.25, 0.3) is 0 Å². The van der Waals surface area contributed by atoms with Crippen LogP contribution in [0.4, 0.5) is 0 Å². The highest BCUT2D eigenvalue weighted by atomic mass is 16.5. The van der Waals surface area contributed by atoms with Crippen LogP contribution >= 0.6 is 0 Å². The van der Waals surface area contributed by atoms with Gasteiger partial charge in [-0.25, -0.2) is 0 Å². The zero-order chi connectivity index (χ0) is 12.8. The second-order valence-electron chi connectivity index (χ2n) is 4.39. The Bertz CT molecular complexity index is 359. The molecule has 0 aromatic heterocycles. The second-order valence-corrected chi connectivity index (χ2v) is 4.39. The average Bonchev–Trinajstić information content (AvgIpc) is 2.31. The third-order valence-corrected chi connectivity index (χ3v) is 2.70. The van der Waals surface area contributed by atoms with E-state index in [4.69, 9.17) is 4.74 Å². The fraction of sp³-hybridized carbons (Fsp3) is 0.500. The lowest BCUT2D eigenvalue weighted by Gasteiger charge is -2.17. The first-order valence-electron chi connectivity index (χ1n) is 6.06. The van der Waals surface area contributed by atoms with E-state index >= 15 is 0 Å². The number of carbonyl (C=O) groups is 1. The summed E-state index contributed by atoms with van der Waals surface area (Å²) in [6, 6.07) is 7.88. The van der Waals surface area contributed by atoms with Crippen LogP contribution in [0, 0.1) is 6.92 Å². The van der Waals surface area contributed by atoms with Gasteiger partial charge in [-0.3, -0.25) is 4.79 Å². The molecule has 17 heavy (non-hydrogen) atoms. The van der Waals surface area contributed by atoms with Gasteiger partial charge in [0.15, 0.2) is 6.10 Å². The topological polar surface area (TPSA) is 38.3 Å².